The number of hydrogen-bond acceptors (Lipinski definition) is 1. The number of quaternary nitrogens is 1. The Bertz CT molecular complexity index is 2550. The quantitative estimate of drug-likeness (QED) is 0.209. The summed E-state index contributed by atoms with van der Waals surface area (Å²) in [6.07, 6.45) is 0.0665. The molecule has 10 rings (SSSR count). The van der Waals surface area contributed by atoms with E-state index in [1.807, 2.05) is 6.07 Å². The van der Waals surface area contributed by atoms with Crippen LogP contribution in [0.1, 0.15) is 42.3 Å². The van der Waals surface area contributed by atoms with E-state index in [0.29, 0.717) is 0 Å². The summed E-state index contributed by atoms with van der Waals surface area (Å²) in [5, 5.41) is 7.28. The highest BCUT2D eigenvalue weighted by Gasteiger charge is 2.50. The highest BCUT2D eigenvalue weighted by atomic mass is 16.3. The summed E-state index contributed by atoms with van der Waals surface area (Å²) in [7, 11) is 0. The number of nitrogens with zero attached hydrogens (tertiary/aromatic N) is 2. The fraction of sp³-hybridized carbons (Fsp3) is 0.0976. The summed E-state index contributed by atoms with van der Waals surface area (Å²) in [5.41, 5.74) is 12.1. The summed E-state index contributed by atoms with van der Waals surface area (Å²) < 4.78 is 11.5. The zero-order valence-corrected chi connectivity index (χ0v) is 25.2. The van der Waals surface area contributed by atoms with Crippen LogP contribution in [0, 0.1) is 0 Å². The van der Waals surface area contributed by atoms with E-state index in [2.05, 4.69) is 156 Å². The molecule has 0 saturated heterocycles. The summed E-state index contributed by atoms with van der Waals surface area (Å²) in [4.78, 5) is 0. The van der Waals surface area contributed by atoms with E-state index >= 15 is 0 Å². The smallest absolute Gasteiger partial charge is 0.411 e. The van der Waals surface area contributed by atoms with E-state index in [4.69, 9.17) is 4.42 Å². The Kier molecular flexibility index (Phi) is 4.88. The average Bonchev–Trinajstić information content (AvgIpc) is 3.68. The van der Waals surface area contributed by atoms with E-state index in [0.717, 1.165) is 33.3 Å². The molecule has 45 heavy (non-hydrogen) atoms. The first kappa shape index (κ1) is 24.9. The summed E-state index contributed by atoms with van der Waals surface area (Å²) in [5.74, 6) is 1.15. The third-order valence-electron chi connectivity index (χ3n) is 10.2. The zero-order valence-electron chi connectivity index (χ0n) is 25.2. The highest BCUT2D eigenvalue weighted by Crippen LogP contribution is 2.53. The Labute approximate surface area is 260 Å². The first-order chi connectivity index (χ1) is 22.1. The topological polar surface area (TPSA) is 37.7 Å². The Balaban J connectivity index is 1.33. The number of fused-ring (bicyclic) bond motifs is 10. The number of aromatic nitrogens is 1. The molecule has 6 aromatic carbocycles. The Morgan fingerprint density at radius 3 is 2.22 bits per heavy atom. The predicted octanol–water partition coefficient (Wildman–Crippen LogP) is 8.50. The molecule has 0 saturated carbocycles. The Morgan fingerprint density at radius 2 is 1.33 bits per heavy atom. The molecule has 4 nitrogen and oxygen atoms in total. The fourth-order valence-corrected chi connectivity index (χ4v) is 8.11. The third kappa shape index (κ3) is 3.22. The molecule has 2 aromatic heterocycles. The van der Waals surface area contributed by atoms with Gasteiger partial charge in [-0.3, -0.25) is 0 Å². The predicted molar refractivity (Wildman–Crippen MR) is 182 cm³/mol. The van der Waals surface area contributed by atoms with Gasteiger partial charge >= 0.3 is 12.0 Å². The number of hydrogen-bond donors (Lipinski definition) is 1. The van der Waals surface area contributed by atoms with Gasteiger partial charge in [0.15, 0.2) is 11.1 Å². The van der Waals surface area contributed by atoms with Crippen LogP contribution < -0.4 is 5.32 Å². The maximum Gasteiger partial charge on any atom is 0.411 e. The van der Waals surface area contributed by atoms with Gasteiger partial charge in [-0.2, -0.15) is 5.32 Å². The second-order valence-corrected chi connectivity index (χ2v) is 12.9. The van der Waals surface area contributed by atoms with Crippen molar-refractivity contribution in [2.45, 2.75) is 25.4 Å². The van der Waals surface area contributed by atoms with Crippen molar-refractivity contribution in [1.29, 1.82) is 0 Å². The molecule has 0 bridgehead atoms. The molecule has 2 aliphatic rings. The van der Waals surface area contributed by atoms with Crippen molar-refractivity contribution in [1.82, 2.24) is 4.68 Å². The number of amidine groups is 1. The summed E-state index contributed by atoms with van der Waals surface area (Å²) >= 11 is 0. The SMILES string of the molecule is CC1(C)c2ccccc2-c2c1ccc1c2c2ccccc2n1[N+]1=C(c2cccc3c2oc2ccccc23)[NH2+]C1c1ccccc1. The molecule has 0 amide bonds. The van der Waals surface area contributed by atoms with Crippen molar-refractivity contribution in [2.24, 2.45) is 0 Å². The van der Waals surface area contributed by atoms with Gasteiger partial charge in [-0.1, -0.05) is 111 Å². The van der Waals surface area contributed by atoms with Crippen LogP contribution >= 0.6 is 0 Å². The number of rotatable bonds is 3. The van der Waals surface area contributed by atoms with Crippen LogP contribution in [0.3, 0.4) is 0 Å². The van der Waals surface area contributed by atoms with Crippen LogP contribution in [-0.4, -0.2) is 15.2 Å². The van der Waals surface area contributed by atoms with E-state index < -0.39 is 0 Å². The Morgan fingerprint density at radius 1 is 0.622 bits per heavy atom. The average molecular weight is 582 g/mol. The molecule has 8 aromatic rings. The number of para-hydroxylation sites is 3. The van der Waals surface area contributed by atoms with Crippen molar-refractivity contribution < 1.29 is 14.4 Å². The first-order valence-electron chi connectivity index (χ1n) is 15.7. The molecule has 214 valence electrons. The molecule has 4 heteroatoms. The van der Waals surface area contributed by atoms with Gasteiger partial charge in [-0.05, 0) is 58.7 Å². The van der Waals surface area contributed by atoms with Crippen LogP contribution in [-0.2, 0) is 5.41 Å². The van der Waals surface area contributed by atoms with Gasteiger partial charge in [0.2, 0.25) is 0 Å². The van der Waals surface area contributed by atoms with Gasteiger partial charge in [0.25, 0.3) is 0 Å². The minimum absolute atomic E-state index is 0.0609. The molecule has 0 fully saturated rings. The lowest BCUT2D eigenvalue weighted by Crippen LogP contribution is -3.01. The molecule has 3 heterocycles. The lowest BCUT2D eigenvalue weighted by Gasteiger charge is -2.24. The fourth-order valence-electron chi connectivity index (χ4n) is 8.11. The molecular weight excluding hydrogens is 550 g/mol. The van der Waals surface area contributed by atoms with Crippen molar-refractivity contribution in [3.63, 3.8) is 0 Å². The second kappa shape index (κ2) is 8.81. The van der Waals surface area contributed by atoms with Gasteiger partial charge in [-0.15, -0.1) is 4.68 Å². The third-order valence-corrected chi connectivity index (χ3v) is 10.2. The minimum Gasteiger partial charge on any atom is -0.455 e. The number of furan rings is 1. The molecule has 1 aliphatic carbocycles. The molecule has 1 unspecified atom stereocenters. The van der Waals surface area contributed by atoms with Crippen molar-refractivity contribution in [3.8, 4) is 11.1 Å². The number of nitrogens with two attached hydrogens (primary N) is 1. The van der Waals surface area contributed by atoms with E-state index in [1.54, 1.807) is 0 Å². The molecule has 2 N–H and O–H groups in total. The Hall–Kier alpha value is -5.45. The lowest BCUT2D eigenvalue weighted by molar-refractivity contribution is -0.915. The molecule has 1 atom stereocenters. The molecule has 1 aliphatic heterocycles. The van der Waals surface area contributed by atoms with Gasteiger partial charge < -0.3 is 4.42 Å². The largest absolute Gasteiger partial charge is 0.455 e. The van der Waals surface area contributed by atoms with Crippen LogP contribution in [0.25, 0.3) is 54.9 Å². The van der Waals surface area contributed by atoms with Crippen LogP contribution in [0.4, 0.5) is 0 Å². The van der Waals surface area contributed by atoms with Crippen LogP contribution in [0.15, 0.2) is 138 Å². The van der Waals surface area contributed by atoms with Gasteiger partial charge in [0.1, 0.15) is 16.6 Å². The van der Waals surface area contributed by atoms with Crippen molar-refractivity contribution in [3.05, 3.63) is 156 Å². The summed E-state index contributed by atoms with van der Waals surface area (Å²) in [6.45, 7) is 4.72. The van der Waals surface area contributed by atoms with Crippen molar-refractivity contribution in [2.75, 3.05) is 0 Å². The van der Waals surface area contributed by atoms with Gasteiger partial charge in [-0.25, -0.2) is 0 Å². The van der Waals surface area contributed by atoms with E-state index in [-0.39, 0.29) is 11.6 Å². The maximum absolute atomic E-state index is 6.57. The lowest BCUT2D eigenvalue weighted by atomic mass is 9.82. The first-order valence-corrected chi connectivity index (χ1v) is 15.7. The minimum atomic E-state index is -0.0609. The molecule has 0 radical (unpaired) electrons. The standard InChI is InChI=1S/C41H29N3O/c1-41(2)31-20-9-6-16-28(31)36-32(41)23-24-34-37(36)29-17-7-10-21-33(29)43(34)44-39(25-13-4-3-5-14-25)42-40(44)30-19-12-18-27-26-15-8-11-22-35(26)45-38(27)30/h3-24,39H,1-2H3/p+2. The van der Waals surface area contributed by atoms with Gasteiger partial charge in [0.05, 0.1) is 5.56 Å². The monoisotopic (exact) mass is 581 g/mol. The van der Waals surface area contributed by atoms with E-state index in [1.165, 1.54) is 49.6 Å². The second-order valence-electron chi connectivity index (χ2n) is 12.9. The number of benzene rings is 6. The van der Waals surface area contributed by atoms with Crippen LogP contribution in [0.2, 0.25) is 0 Å². The van der Waals surface area contributed by atoms with Gasteiger partial charge in [0, 0.05) is 31.6 Å². The molecule has 0 spiro atoms. The van der Waals surface area contributed by atoms with Crippen LogP contribution in [0.5, 0.6) is 0 Å². The zero-order chi connectivity index (χ0) is 29.9. The molecular formula is C41H31N3O+2. The normalized spacial score (nSPS) is 16.9. The highest BCUT2D eigenvalue weighted by molar-refractivity contribution is 6.17. The van der Waals surface area contributed by atoms with E-state index in [9.17, 15) is 0 Å². The maximum atomic E-state index is 6.57. The summed E-state index contributed by atoms with van der Waals surface area (Å²) in [6, 6.07) is 48.3. The van der Waals surface area contributed by atoms with Crippen molar-refractivity contribution >= 4 is 49.6 Å².